The summed E-state index contributed by atoms with van der Waals surface area (Å²) in [5.74, 6) is 0. The predicted molar refractivity (Wildman–Crippen MR) is 109 cm³/mol. The van der Waals surface area contributed by atoms with Crippen molar-refractivity contribution in [3.8, 4) is 0 Å². The van der Waals surface area contributed by atoms with Crippen molar-refractivity contribution in [2.45, 2.75) is 24.3 Å². The molecule has 1 aromatic carbocycles. The molecule has 3 unspecified atom stereocenters. The molecule has 0 saturated carbocycles. The average Bonchev–Trinajstić information content (AvgIpc) is 3.11. The number of fused-ring (bicyclic) bond motifs is 1. The van der Waals surface area contributed by atoms with Crippen LogP contribution in [0.2, 0.25) is 0 Å². The fourth-order valence-electron chi connectivity index (χ4n) is 3.55. The van der Waals surface area contributed by atoms with E-state index in [-0.39, 0.29) is 12.1 Å². The second kappa shape index (κ2) is 6.65. The first-order chi connectivity index (χ1) is 12.0. The SMILES string of the molecule is CC1CN2C(=NC(c3ccccn3)C2c2ccc(N(C)C)c(Br)c2)S1. The van der Waals surface area contributed by atoms with Gasteiger partial charge in [0.2, 0.25) is 0 Å². The third-order valence-corrected chi connectivity index (χ3v) is 6.41. The average molecular weight is 417 g/mol. The van der Waals surface area contributed by atoms with E-state index >= 15 is 0 Å². The zero-order valence-corrected chi connectivity index (χ0v) is 17.0. The molecule has 0 N–H and O–H groups in total. The molecule has 2 aliphatic rings. The third kappa shape index (κ3) is 3.06. The Morgan fingerprint density at radius 2 is 2.08 bits per heavy atom. The Hall–Kier alpha value is -1.53. The van der Waals surface area contributed by atoms with Gasteiger partial charge in [0.1, 0.15) is 6.04 Å². The summed E-state index contributed by atoms with van der Waals surface area (Å²) in [5.41, 5.74) is 3.50. The number of halogens is 1. The zero-order valence-electron chi connectivity index (χ0n) is 14.6. The molecule has 0 radical (unpaired) electrons. The quantitative estimate of drug-likeness (QED) is 0.736. The van der Waals surface area contributed by atoms with E-state index in [1.54, 1.807) is 0 Å². The summed E-state index contributed by atoms with van der Waals surface area (Å²) in [4.78, 5) is 14.2. The molecule has 1 saturated heterocycles. The third-order valence-electron chi connectivity index (χ3n) is 4.68. The minimum absolute atomic E-state index is 0.0494. The molecule has 0 spiro atoms. The zero-order chi connectivity index (χ0) is 17.6. The van der Waals surface area contributed by atoms with Crippen LogP contribution in [-0.2, 0) is 0 Å². The Kier molecular flexibility index (Phi) is 4.50. The summed E-state index contributed by atoms with van der Waals surface area (Å²) in [6, 6.07) is 13.0. The van der Waals surface area contributed by atoms with E-state index in [9.17, 15) is 0 Å². The number of amidine groups is 1. The fraction of sp³-hybridized carbons (Fsp3) is 0.368. The van der Waals surface area contributed by atoms with Crippen molar-refractivity contribution in [3.63, 3.8) is 0 Å². The highest BCUT2D eigenvalue weighted by Crippen LogP contribution is 2.48. The van der Waals surface area contributed by atoms with Gasteiger partial charge in [0.25, 0.3) is 0 Å². The van der Waals surface area contributed by atoms with Gasteiger partial charge in [-0.15, -0.1) is 0 Å². The van der Waals surface area contributed by atoms with Crippen LogP contribution >= 0.6 is 27.7 Å². The number of hydrogen-bond acceptors (Lipinski definition) is 5. The number of benzene rings is 1. The Morgan fingerprint density at radius 3 is 2.76 bits per heavy atom. The predicted octanol–water partition coefficient (Wildman–Crippen LogP) is 4.50. The van der Waals surface area contributed by atoms with Crippen molar-refractivity contribution in [1.82, 2.24) is 9.88 Å². The maximum Gasteiger partial charge on any atom is 0.160 e. The highest BCUT2D eigenvalue weighted by molar-refractivity contribution is 9.10. The lowest BCUT2D eigenvalue weighted by atomic mass is 9.96. The largest absolute Gasteiger partial charge is 0.377 e. The molecule has 6 heteroatoms. The maximum absolute atomic E-state index is 5.03. The molecule has 3 atom stereocenters. The second-order valence-corrected chi connectivity index (χ2v) is 9.00. The van der Waals surface area contributed by atoms with Crippen LogP contribution in [-0.4, -0.2) is 40.9 Å². The molecule has 130 valence electrons. The Balaban J connectivity index is 1.76. The molecule has 4 rings (SSSR count). The molecular weight excluding hydrogens is 396 g/mol. The van der Waals surface area contributed by atoms with Gasteiger partial charge in [-0.3, -0.25) is 9.98 Å². The summed E-state index contributed by atoms with van der Waals surface area (Å²) in [5, 5.41) is 1.73. The highest BCUT2D eigenvalue weighted by Gasteiger charge is 2.43. The molecular formula is C19H21BrN4S. The number of anilines is 1. The van der Waals surface area contributed by atoms with Crippen LogP contribution < -0.4 is 4.90 Å². The van der Waals surface area contributed by atoms with Crippen LogP contribution in [0.3, 0.4) is 0 Å². The van der Waals surface area contributed by atoms with Crippen molar-refractivity contribution < 1.29 is 0 Å². The van der Waals surface area contributed by atoms with Gasteiger partial charge in [0.15, 0.2) is 5.17 Å². The van der Waals surface area contributed by atoms with Crippen molar-refractivity contribution in [1.29, 1.82) is 0 Å². The van der Waals surface area contributed by atoms with Crippen LogP contribution in [0.25, 0.3) is 0 Å². The first-order valence-electron chi connectivity index (χ1n) is 8.43. The minimum Gasteiger partial charge on any atom is -0.377 e. The van der Waals surface area contributed by atoms with E-state index in [0.29, 0.717) is 5.25 Å². The van der Waals surface area contributed by atoms with Gasteiger partial charge in [0, 0.05) is 36.6 Å². The lowest BCUT2D eigenvalue weighted by Gasteiger charge is -2.28. The van der Waals surface area contributed by atoms with Gasteiger partial charge in [0.05, 0.1) is 17.4 Å². The topological polar surface area (TPSA) is 31.7 Å². The van der Waals surface area contributed by atoms with E-state index in [1.807, 2.05) is 30.1 Å². The van der Waals surface area contributed by atoms with E-state index in [2.05, 4.69) is 76.0 Å². The molecule has 4 nitrogen and oxygen atoms in total. The summed E-state index contributed by atoms with van der Waals surface area (Å²) in [6.07, 6.45) is 1.86. The lowest BCUT2D eigenvalue weighted by Crippen LogP contribution is -2.28. The number of nitrogens with zero attached hydrogens (tertiary/aromatic N) is 4. The van der Waals surface area contributed by atoms with E-state index in [1.165, 1.54) is 11.3 Å². The van der Waals surface area contributed by atoms with Crippen molar-refractivity contribution in [3.05, 3.63) is 58.3 Å². The standard InChI is InChI=1S/C19H21BrN4S/c1-12-11-24-18(13-7-8-16(23(2)3)14(20)10-13)17(22-19(24)25-12)15-6-4-5-9-21-15/h4-10,12,17-18H,11H2,1-3H3. The second-order valence-electron chi connectivity index (χ2n) is 6.74. The van der Waals surface area contributed by atoms with Crippen LogP contribution in [0, 0.1) is 0 Å². The van der Waals surface area contributed by atoms with Crippen molar-refractivity contribution >= 4 is 38.5 Å². The van der Waals surface area contributed by atoms with Gasteiger partial charge >= 0.3 is 0 Å². The normalized spacial score (nSPS) is 25.0. The molecule has 0 amide bonds. The number of pyridine rings is 1. The Morgan fingerprint density at radius 1 is 1.24 bits per heavy atom. The molecule has 1 aromatic heterocycles. The number of aliphatic imine (C=N–C) groups is 1. The lowest BCUT2D eigenvalue weighted by molar-refractivity contribution is 0.321. The van der Waals surface area contributed by atoms with Crippen LogP contribution in [0.5, 0.6) is 0 Å². The molecule has 25 heavy (non-hydrogen) atoms. The molecule has 2 aromatic rings. The monoisotopic (exact) mass is 416 g/mol. The van der Waals surface area contributed by atoms with Crippen LogP contribution in [0.4, 0.5) is 5.69 Å². The van der Waals surface area contributed by atoms with Crippen molar-refractivity contribution in [2.24, 2.45) is 4.99 Å². The van der Waals surface area contributed by atoms with E-state index in [0.717, 1.165) is 21.9 Å². The van der Waals surface area contributed by atoms with Gasteiger partial charge in [-0.2, -0.15) is 0 Å². The summed E-state index contributed by atoms with van der Waals surface area (Å²) < 4.78 is 1.11. The molecule has 2 aliphatic heterocycles. The molecule has 3 heterocycles. The summed E-state index contributed by atoms with van der Waals surface area (Å²) in [6.45, 7) is 3.30. The molecule has 0 bridgehead atoms. The Labute approximate surface area is 161 Å². The number of thioether (sulfide) groups is 1. The smallest absolute Gasteiger partial charge is 0.160 e. The number of hydrogen-bond donors (Lipinski definition) is 0. The van der Waals surface area contributed by atoms with Crippen LogP contribution in [0.1, 0.15) is 30.3 Å². The first-order valence-corrected chi connectivity index (χ1v) is 10.1. The Bertz CT molecular complexity index is 808. The maximum atomic E-state index is 5.03. The van der Waals surface area contributed by atoms with E-state index < -0.39 is 0 Å². The summed E-state index contributed by atoms with van der Waals surface area (Å²) in [7, 11) is 4.12. The molecule has 0 aliphatic carbocycles. The minimum atomic E-state index is 0.0494. The fourth-order valence-corrected chi connectivity index (χ4v) is 5.39. The van der Waals surface area contributed by atoms with Gasteiger partial charge in [-0.25, -0.2) is 0 Å². The highest BCUT2D eigenvalue weighted by atomic mass is 79.9. The van der Waals surface area contributed by atoms with Gasteiger partial charge in [-0.05, 0) is 45.8 Å². The number of rotatable bonds is 3. The van der Waals surface area contributed by atoms with Crippen LogP contribution in [0.15, 0.2) is 52.1 Å². The summed E-state index contributed by atoms with van der Waals surface area (Å²) >= 11 is 5.61. The van der Waals surface area contributed by atoms with E-state index in [4.69, 9.17) is 4.99 Å². The van der Waals surface area contributed by atoms with Gasteiger partial charge < -0.3 is 9.80 Å². The first kappa shape index (κ1) is 16.9. The molecule has 1 fully saturated rings. The number of aromatic nitrogens is 1. The van der Waals surface area contributed by atoms with Crippen molar-refractivity contribution in [2.75, 3.05) is 25.5 Å². The van der Waals surface area contributed by atoms with Gasteiger partial charge in [-0.1, -0.05) is 30.8 Å².